The minimum atomic E-state index is -0.337. The van der Waals surface area contributed by atoms with E-state index in [1.165, 1.54) is 5.56 Å². The number of hydrogen-bond donors (Lipinski definition) is 2. The molecule has 0 aliphatic rings. The molecule has 2 rings (SSSR count). The maximum Gasteiger partial charge on any atom is 0.324 e. The third-order valence-electron chi connectivity index (χ3n) is 2.46. The zero-order chi connectivity index (χ0) is 13.0. The number of hydrogen-bond acceptors (Lipinski definition) is 3. The van der Waals surface area contributed by atoms with E-state index in [2.05, 4.69) is 22.7 Å². The Balaban J connectivity index is 1.98. The maximum absolute atomic E-state index is 11.7. The first-order valence-corrected chi connectivity index (χ1v) is 5.77. The summed E-state index contributed by atoms with van der Waals surface area (Å²) in [5, 5.41) is 9.02. The number of nitrogens with zero attached hydrogens (tertiary/aromatic N) is 1. The number of urea groups is 1. The third kappa shape index (κ3) is 3.10. The number of amides is 2. The fourth-order valence-corrected chi connectivity index (χ4v) is 1.57. The zero-order valence-electron chi connectivity index (χ0n) is 10.4. The van der Waals surface area contributed by atoms with Crippen LogP contribution >= 0.6 is 0 Å². The molecule has 0 unspecified atom stereocenters. The molecule has 5 heteroatoms. The van der Waals surface area contributed by atoms with Gasteiger partial charge in [-0.25, -0.2) is 4.79 Å². The SMILES string of the molecule is CCc1cccc(NC(=O)Nc2cc(C)on2)c1. The molecule has 0 bridgehead atoms. The van der Waals surface area contributed by atoms with Crippen LogP contribution in [0.1, 0.15) is 18.2 Å². The van der Waals surface area contributed by atoms with Crippen molar-refractivity contribution in [2.45, 2.75) is 20.3 Å². The summed E-state index contributed by atoms with van der Waals surface area (Å²) in [4.78, 5) is 11.7. The summed E-state index contributed by atoms with van der Waals surface area (Å²) in [5.41, 5.74) is 1.93. The average Bonchev–Trinajstić information content (AvgIpc) is 2.74. The van der Waals surface area contributed by atoms with Crippen molar-refractivity contribution in [3.05, 3.63) is 41.7 Å². The summed E-state index contributed by atoms with van der Waals surface area (Å²) in [6.45, 7) is 3.83. The number of aryl methyl sites for hydroxylation is 2. The first-order valence-electron chi connectivity index (χ1n) is 5.77. The lowest BCUT2D eigenvalue weighted by Gasteiger charge is -2.06. The fraction of sp³-hybridized carbons (Fsp3) is 0.231. The van der Waals surface area contributed by atoms with Gasteiger partial charge in [0.15, 0.2) is 5.82 Å². The lowest BCUT2D eigenvalue weighted by atomic mass is 10.1. The van der Waals surface area contributed by atoms with Gasteiger partial charge in [-0.3, -0.25) is 5.32 Å². The second-order valence-electron chi connectivity index (χ2n) is 3.96. The topological polar surface area (TPSA) is 67.2 Å². The van der Waals surface area contributed by atoms with Crippen molar-refractivity contribution in [2.24, 2.45) is 0 Å². The molecule has 0 radical (unpaired) electrons. The van der Waals surface area contributed by atoms with Crippen LogP contribution in [0.5, 0.6) is 0 Å². The fourth-order valence-electron chi connectivity index (χ4n) is 1.57. The molecule has 94 valence electrons. The lowest BCUT2D eigenvalue weighted by molar-refractivity contribution is 0.262. The molecule has 18 heavy (non-hydrogen) atoms. The Bertz CT molecular complexity index is 549. The number of benzene rings is 1. The van der Waals surface area contributed by atoms with Crippen molar-refractivity contribution < 1.29 is 9.32 Å². The summed E-state index contributed by atoms with van der Waals surface area (Å²) in [6.07, 6.45) is 0.930. The summed E-state index contributed by atoms with van der Waals surface area (Å²) < 4.78 is 4.86. The molecule has 0 spiro atoms. The molecule has 0 atom stereocenters. The molecule has 1 aromatic carbocycles. The summed E-state index contributed by atoms with van der Waals surface area (Å²) in [5.74, 6) is 1.05. The van der Waals surface area contributed by atoms with Crippen LogP contribution in [0.25, 0.3) is 0 Å². The standard InChI is InChI=1S/C13H15N3O2/c1-3-10-5-4-6-11(8-10)14-13(17)15-12-7-9(2)18-16-12/h4-8H,3H2,1-2H3,(H2,14,15,16,17). The van der Waals surface area contributed by atoms with Gasteiger partial charge in [0.2, 0.25) is 0 Å². The van der Waals surface area contributed by atoms with Crippen molar-refractivity contribution in [3.8, 4) is 0 Å². The van der Waals surface area contributed by atoms with Crippen LogP contribution in [0.3, 0.4) is 0 Å². The number of rotatable bonds is 3. The van der Waals surface area contributed by atoms with Crippen LogP contribution in [0.4, 0.5) is 16.3 Å². The average molecular weight is 245 g/mol. The van der Waals surface area contributed by atoms with Gasteiger partial charge in [-0.2, -0.15) is 0 Å². The molecule has 0 aliphatic heterocycles. The molecule has 0 saturated heterocycles. The summed E-state index contributed by atoms with van der Waals surface area (Å²) in [7, 11) is 0. The highest BCUT2D eigenvalue weighted by Gasteiger charge is 2.06. The minimum Gasteiger partial charge on any atom is -0.360 e. The van der Waals surface area contributed by atoms with E-state index in [9.17, 15) is 4.79 Å². The Kier molecular flexibility index (Phi) is 3.62. The van der Waals surface area contributed by atoms with Crippen molar-refractivity contribution >= 4 is 17.5 Å². The van der Waals surface area contributed by atoms with Gasteiger partial charge in [-0.15, -0.1) is 0 Å². The summed E-state index contributed by atoms with van der Waals surface area (Å²) >= 11 is 0. The Morgan fingerprint density at radius 2 is 2.17 bits per heavy atom. The highest BCUT2D eigenvalue weighted by molar-refractivity contribution is 5.99. The van der Waals surface area contributed by atoms with E-state index in [0.29, 0.717) is 11.6 Å². The maximum atomic E-state index is 11.7. The number of aromatic nitrogens is 1. The van der Waals surface area contributed by atoms with E-state index < -0.39 is 0 Å². The van der Waals surface area contributed by atoms with Crippen LogP contribution in [0, 0.1) is 6.92 Å². The Hall–Kier alpha value is -2.30. The molecule has 0 fully saturated rings. The number of carbonyl (C=O) groups excluding carboxylic acids is 1. The molecule has 2 amide bonds. The zero-order valence-corrected chi connectivity index (χ0v) is 10.4. The largest absolute Gasteiger partial charge is 0.360 e. The predicted octanol–water partition coefficient (Wildman–Crippen LogP) is 3.19. The Labute approximate surface area is 105 Å². The third-order valence-corrected chi connectivity index (χ3v) is 2.46. The van der Waals surface area contributed by atoms with E-state index in [0.717, 1.165) is 12.1 Å². The monoisotopic (exact) mass is 245 g/mol. The first kappa shape index (κ1) is 12.2. The van der Waals surface area contributed by atoms with E-state index in [4.69, 9.17) is 4.52 Å². The van der Waals surface area contributed by atoms with Crippen molar-refractivity contribution in [1.82, 2.24) is 5.16 Å². The summed E-state index contributed by atoms with van der Waals surface area (Å²) in [6, 6.07) is 9.03. The van der Waals surface area contributed by atoms with Crippen LogP contribution in [-0.4, -0.2) is 11.2 Å². The predicted molar refractivity (Wildman–Crippen MR) is 69.7 cm³/mol. The van der Waals surface area contributed by atoms with Crippen LogP contribution in [0.15, 0.2) is 34.9 Å². The van der Waals surface area contributed by atoms with E-state index in [1.54, 1.807) is 13.0 Å². The van der Waals surface area contributed by atoms with Crippen molar-refractivity contribution in [2.75, 3.05) is 10.6 Å². The Morgan fingerprint density at radius 3 is 2.83 bits per heavy atom. The first-order chi connectivity index (χ1) is 8.67. The van der Waals surface area contributed by atoms with Crippen LogP contribution in [0.2, 0.25) is 0 Å². The Morgan fingerprint density at radius 1 is 1.33 bits per heavy atom. The molecule has 0 aliphatic carbocycles. The molecule has 2 aromatic rings. The lowest BCUT2D eigenvalue weighted by Crippen LogP contribution is -2.19. The van der Waals surface area contributed by atoms with Gasteiger partial charge in [0, 0.05) is 11.8 Å². The minimum absolute atomic E-state index is 0.337. The van der Waals surface area contributed by atoms with E-state index in [1.807, 2.05) is 24.3 Å². The number of anilines is 2. The molecule has 2 N–H and O–H groups in total. The number of nitrogens with one attached hydrogen (secondary N) is 2. The smallest absolute Gasteiger partial charge is 0.324 e. The van der Waals surface area contributed by atoms with E-state index >= 15 is 0 Å². The van der Waals surface area contributed by atoms with Gasteiger partial charge in [0.05, 0.1) is 0 Å². The van der Waals surface area contributed by atoms with Gasteiger partial charge >= 0.3 is 6.03 Å². The normalized spacial score (nSPS) is 10.1. The highest BCUT2D eigenvalue weighted by Crippen LogP contribution is 2.12. The van der Waals surface area contributed by atoms with Gasteiger partial charge in [-0.1, -0.05) is 24.2 Å². The van der Waals surface area contributed by atoms with Gasteiger partial charge in [0.25, 0.3) is 0 Å². The molecular weight excluding hydrogens is 230 g/mol. The highest BCUT2D eigenvalue weighted by atomic mass is 16.5. The van der Waals surface area contributed by atoms with Crippen LogP contribution < -0.4 is 10.6 Å². The second-order valence-corrected chi connectivity index (χ2v) is 3.96. The van der Waals surface area contributed by atoms with Gasteiger partial charge in [0.1, 0.15) is 5.76 Å². The van der Waals surface area contributed by atoms with Crippen molar-refractivity contribution in [1.29, 1.82) is 0 Å². The molecule has 5 nitrogen and oxygen atoms in total. The number of carbonyl (C=O) groups is 1. The van der Waals surface area contributed by atoms with Gasteiger partial charge < -0.3 is 9.84 Å². The van der Waals surface area contributed by atoms with E-state index in [-0.39, 0.29) is 6.03 Å². The molecular formula is C13H15N3O2. The molecule has 1 aromatic heterocycles. The van der Waals surface area contributed by atoms with Gasteiger partial charge in [-0.05, 0) is 31.0 Å². The quantitative estimate of drug-likeness (QED) is 0.872. The molecule has 1 heterocycles. The second kappa shape index (κ2) is 5.35. The van der Waals surface area contributed by atoms with Crippen molar-refractivity contribution in [3.63, 3.8) is 0 Å². The van der Waals surface area contributed by atoms with Crippen LogP contribution in [-0.2, 0) is 6.42 Å². The molecule has 0 saturated carbocycles.